The fraction of sp³-hybridized carbons (Fsp3) is 1.00. The minimum Gasteiger partial charge on any atom is -0.376 e. The van der Waals surface area contributed by atoms with Crippen molar-refractivity contribution in [2.75, 3.05) is 12.4 Å². The van der Waals surface area contributed by atoms with Gasteiger partial charge in [0.05, 0.1) is 11.0 Å². The van der Waals surface area contributed by atoms with E-state index in [0.717, 1.165) is 13.0 Å². The summed E-state index contributed by atoms with van der Waals surface area (Å²) >= 11 is 2.03. The third-order valence-corrected chi connectivity index (χ3v) is 4.76. The van der Waals surface area contributed by atoms with Crippen LogP contribution in [-0.4, -0.2) is 28.9 Å². The number of thioether (sulfide) groups is 1. The summed E-state index contributed by atoms with van der Waals surface area (Å²) in [6, 6.07) is 0. The summed E-state index contributed by atoms with van der Waals surface area (Å²) in [5.74, 6) is 1.20. The van der Waals surface area contributed by atoms with Crippen LogP contribution >= 0.6 is 11.8 Å². The van der Waals surface area contributed by atoms with Crippen molar-refractivity contribution in [3.05, 3.63) is 0 Å². The zero-order valence-corrected chi connectivity index (χ0v) is 8.83. The molecule has 0 aromatic carbocycles. The number of nitrogens with one attached hydrogen (secondary N) is 1. The van der Waals surface area contributed by atoms with Crippen LogP contribution in [0.2, 0.25) is 0 Å². The predicted molar refractivity (Wildman–Crippen MR) is 52.4 cm³/mol. The summed E-state index contributed by atoms with van der Waals surface area (Å²) in [6.07, 6.45) is 1.52. The lowest BCUT2D eigenvalue weighted by atomic mass is 10.0. The average Bonchev–Trinajstić information content (AvgIpc) is 2.43. The van der Waals surface area contributed by atoms with Crippen molar-refractivity contribution < 1.29 is 4.74 Å². The molecule has 2 atom stereocenters. The summed E-state index contributed by atoms with van der Waals surface area (Å²) in [7, 11) is 0. The van der Waals surface area contributed by atoms with E-state index in [1.165, 1.54) is 5.75 Å². The molecule has 2 heterocycles. The maximum Gasteiger partial charge on any atom is 0.0934 e. The van der Waals surface area contributed by atoms with Gasteiger partial charge in [-0.05, 0) is 20.8 Å². The van der Waals surface area contributed by atoms with E-state index in [4.69, 9.17) is 4.74 Å². The van der Waals surface area contributed by atoms with Gasteiger partial charge in [-0.25, -0.2) is 0 Å². The molecule has 2 aliphatic rings. The molecule has 2 rings (SSSR count). The van der Waals surface area contributed by atoms with Crippen LogP contribution in [0, 0.1) is 0 Å². The molecule has 0 bridgehead atoms. The molecule has 1 N–H and O–H groups in total. The van der Waals surface area contributed by atoms with E-state index in [0.29, 0.717) is 6.10 Å². The maximum atomic E-state index is 5.60. The lowest BCUT2D eigenvalue weighted by molar-refractivity contribution is 0.103. The van der Waals surface area contributed by atoms with Gasteiger partial charge in [-0.3, -0.25) is 5.32 Å². The Hall–Kier alpha value is 0.270. The normalized spacial score (nSPS) is 45.8. The molecule has 0 aliphatic carbocycles. The highest BCUT2D eigenvalue weighted by Crippen LogP contribution is 2.44. The van der Waals surface area contributed by atoms with Crippen molar-refractivity contribution in [1.29, 1.82) is 0 Å². The SMILES string of the molecule is CC1OCCC12NC(C)(C)CS2. The van der Waals surface area contributed by atoms with Gasteiger partial charge in [0.25, 0.3) is 0 Å². The Bertz CT molecular complexity index is 195. The monoisotopic (exact) mass is 187 g/mol. The van der Waals surface area contributed by atoms with Crippen LogP contribution in [0.1, 0.15) is 27.2 Å². The van der Waals surface area contributed by atoms with E-state index in [1.807, 2.05) is 11.8 Å². The van der Waals surface area contributed by atoms with Crippen molar-refractivity contribution >= 4 is 11.8 Å². The second-order valence-corrected chi connectivity index (χ2v) is 5.76. The van der Waals surface area contributed by atoms with Gasteiger partial charge >= 0.3 is 0 Å². The van der Waals surface area contributed by atoms with Crippen molar-refractivity contribution in [3.63, 3.8) is 0 Å². The molecular weight excluding hydrogens is 170 g/mol. The topological polar surface area (TPSA) is 21.3 Å². The van der Waals surface area contributed by atoms with E-state index in [2.05, 4.69) is 26.1 Å². The first-order valence-electron chi connectivity index (χ1n) is 4.59. The van der Waals surface area contributed by atoms with Crippen LogP contribution in [0.3, 0.4) is 0 Å². The molecule has 2 aliphatic heterocycles. The molecule has 0 radical (unpaired) electrons. The zero-order valence-electron chi connectivity index (χ0n) is 8.02. The Morgan fingerprint density at radius 1 is 1.50 bits per heavy atom. The third-order valence-electron chi connectivity index (χ3n) is 2.74. The van der Waals surface area contributed by atoms with Crippen molar-refractivity contribution in [1.82, 2.24) is 5.32 Å². The van der Waals surface area contributed by atoms with Crippen molar-refractivity contribution in [3.8, 4) is 0 Å². The first kappa shape index (κ1) is 8.85. The molecule has 0 saturated carbocycles. The van der Waals surface area contributed by atoms with Gasteiger partial charge in [0.2, 0.25) is 0 Å². The standard InChI is InChI=1S/C9H17NOS/c1-7-9(4-5-11-7)10-8(2,3)6-12-9/h7,10H,4-6H2,1-3H3. The van der Waals surface area contributed by atoms with E-state index < -0.39 is 0 Å². The van der Waals surface area contributed by atoms with Gasteiger partial charge in [0.1, 0.15) is 0 Å². The first-order valence-corrected chi connectivity index (χ1v) is 5.58. The molecule has 12 heavy (non-hydrogen) atoms. The van der Waals surface area contributed by atoms with Gasteiger partial charge in [-0.1, -0.05) is 0 Å². The molecule has 70 valence electrons. The zero-order chi connectivity index (χ0) is 8.82. The molecular formula is C9H17NOS. The molecule has 2 saturated heterocycles. The van der Waals surface area contributed by atoms with Crippen LogP contribution in [0.4, 0.5) is 0 Å². The molecule has 2 fully saturated rings. The highest BCUT2D eigenvalue weighted by atomic mass is 32.2. The van der Waals surface area contributed by atoms with E-state index in [1.54, 1.807) is 0 Å². The molecule has 2 unspecified atom stereocenters. The van der Waals surface area contributed by atoms with Crippen LogP contribution in [0.5, 0.6) is 0 Å². The predicted octanol–water partition coefficient (Wildman–Crippen LogP) is 1.61. The smallest absolute Gasteiger partial charge is 0.0934 e. The Morgan fingerprint density at radius 3 is 2.67 bits per heavy atom. The molecule has 2 nitrogen and oxygen atoms in total. The summed E-state index contributed by atoms with van der Waals surface area (Å²) in [4.78, 5) is 0.226. The third kappa shape index (κ3) is 1.28. The van der Waals surface area contributed by atoms with Crippen LogP contribution in [0.15, 0.2) is 0 Å². The van der Waals surface area contributed by atoms with E-state index in [9.17, 15) is 0 Å². The molecule has 0 aromatic rings. The number of ether oxygens (including phenoxy) is 1. The highest BCUT2D eigenvalue weighted by Gasteiger charge is 2.50. The second-order valence-electron chi connectivity index (χ2n) is 4.45. The maximum absolute atomic E-state index is 5.60. The summed E-state index contributed by atoms with van der Waals surface area (Å²) < 4.78 is 5.60. The van der Waals surface area contributed by atoms with E-state index >= 15 is 0 Å². The largest absolute Gasteiger partial charge is 0.376 e. The van der Waals surface area contributed by atoms with Crippen LogP contribution in [-0.2, 0) is 4.74 Å². The van der Waals surface area contributed by atoms with Gasteiger partial charge in [0, 0.05) is 24.3 Å². The molecule has 0 aromatic heterocycles. The first-order chi connectivity index (χ1) is 5.54. The van der Waals surface area contributed by atoms with E-state index in [-0.39, 0.29) is 10.4 Å². The second kappa shape index (κ2) is 2.63. The highest BCUT2D eigenvalue weighted by molar-refractivity contribution is 8.01. The Balaban J connectivity index is 2.14. The minimum atomic E-state index is 0.226. The number of hydrogen-bond donors (Lipinski definition) is 1. The summed E-state index contributed by atoms with van der Waals surface area (Å²) in [5.41, 5.74) is 0.284. The van der Waals surface area contributed by atoms with Gasteiger partial charge in [-0.2, -0.15) is 0 Å². The minimum absolute atomic E-state index is 0.226. The summed E-state index contributed by atoms with van der Waals surface area (Å²) in [6.45, 7) is 7.62. The van der Waals surface area contributed by atoms with Crippen molar-refractivity contribution in [2.24, 2.45) is 0 Å². The average molecular weight is 187 g/mol. The lowest BCUT2D eigenvalue weighted by Gasteiger charge is -2.29. The number of rotatable bonds is 0. The Kier molecular flexibility index (Phi) is 1.94. The summed E-state index contributed by atoms with van der Waals surface area (Å²) in [5, 5.41) is 3.69. The molecule has 0 amide bonds. The fourth-order valence-corrected chi connectivity index (χ4v) is 3.60. The molecule has 3 heteroatoms. The fourth-order valence-electron chi connectivity index (χ4n) is 2.03. The van der Waals surface area contributed by atoms with Gasteiger partial charge in [0.15, 0.2) is 0 Å². The Labute approximate surface area is 78.4 Å². The lowest BCUT2D eigenvalue weighted by Crippen LogP contribution is -2.50. The Morgan fingerprint density at radius 2 is 2.25 bits per heavy atom. The van der Waals surface area contributed by atoms with Crippen LogP contribution in [0.25, 0.3) is 0 Å². The van der Waals surface area contributed by atoms with Crippen LogP contribution < -0.4 is 5.32 Å². The molecule has 1 spiro atoms. The van der Waals surface area contributed by atoms with Gasteiger partial charge in [-0.15, -0.1) is 11.8 Å². The number of hydrogen-bond acceptors (Lipinski definition) is 3. The van der Waals surface area contributed by atoms with Crippen molar-refractivity contribution in [2.45, 2.75) is 43.7 Å². The van der Waals surface area contributed by atoms with Gasteiger partial charge < -0.3 is 4.74 Å². The quantitative estimate of drug-likeness (QED) is 0.622.